The number of fused-ring (bicyclic) bond motifs is 1. The fraction of sp³-hybridized carbons (Fsp3) is 0.436. The first kappa shape index (κ1) is 35.6. The molecule has 0 bridgehead atoms. The fourth-order valence-electron chi connectivity index (χ4n) is 6.81. The summed E-state index contributed by atoms with van der Waals surface area (Å²) in [5, 5.41) is 7.29. The van der Waals surface area contributed by atoms with Crippen molar-refractivity contribution in [2.45, 2.75) is 57.1 Å². The first-order chi connectivity index (χ1) is 23.6. The number of hydrogen-bond acceptors (Lipinski definition) is 8. The minimum atomic E-state index is -1.17. The molecule has 2 fully saturated rings. The average Bonchev–Trinajstić information content (AvgIpc) is 3.66. The van der Waals surface area contributed by atoms with E-state index in [0.717, 1.165) is 35.9 Å². The van der Waals surface area contributed by atoms with Crippen molar-refractivity contribution in [3.8, 4) is 22.8 Å². The number of nitrogens with one attached hydrogen (secondary N) is 1. The van der Waals surface area contributed by atoms with Gasteiger partial charge in [0.2, 0.25) is 11.8 Å². The van der Waals surface area contributed by atoms with Crippen molar-refractivity contribution in [1.29, 1.82) is 0 Å². The third-order valence-electron chi connectivity index (χ3n) is 9.57. The number of hydrazine groups is 1. The number of hydrogen-bond donors (Lipinski definition) is 1. The molecule has 3 aromatic rings. The van der Waals surface area contributed by atoms with Crippen LogP contribution in [-0.2, 0) is 19.1 Å². The molecule has 10 nitrogen and oxygen atoms in total. The van der Waals surface area contributed by atoms with E-state index in [1.807, 2.05) is 74.8 Å². The molecule has 2 saturated carbocycles. The van der Waals surface area contributed by atoms with Gasteiger partial charge in [-0.2, -0.15) is 0 Å². The maximum absolute atomic E-state index is 14.3. The third-order valence-corrected chi connectivity index (χ3v) is 9.57. The second-order valence-electron chi connectivity index (χ2n) is 13.0. The van der Waals surface area contributed by atoms with Gasteiger partial charge in [-0.25, -0.2) is 14.8 Å². The van der Waals surface area contributed by atoms with Crippen LogP contribution in [0.1, 0.15) is 45.4 Å². The van der Waals surface area contributed by atoms with Crippen molar-refractivity contribution in [2.75, 3.05) is 34.4 Å². The smallest absolute Gasteiger partial charge is 0.332 e. The highest BCUT2D eigenvalue weighted by Gasteiger charge is 2.62. The molecule has 5 rings (SSSR count). The number of allylic oxidation sites excluding steroid dienone is 1. The Balaban J connectivity index is 1.47. The molecule has 0 aliphatic heterocycles. The minimum absolute atomic E-state index is 0.148. The van der Waals surface area contributed by atoms with E-state index in [1.54, 1.807) is 30.1 Å². The number of nitrogens with zero attached hydrogens (tertiary/aromatic N) is 3. The number of methoxy groups -OCH3 is 1. The number of aromatic nitrogens is 1. The molecule has 10 heteroatoms. The Morgan fingerprint density at radius 3 is 2.45 bits per heavy atom. The molecule has 2 aliphatic rings. The second-order valence-corrected chi connectivity index (χ2v) is 13.0. The van der Waals surface area contributed by atoms with E-state index in [4.69, 9.17) is 19.2 Å². The summed E-state index contributed by atoms with van der Waals surface area (Å²) in [5.41, 5.74) is 1.19. The van der Waals surface area contributed by atoms with Gasteiger partial charge in [-0.05, 0) is 57.6 Å². The van der Waals surface area contributed by atoms with E-state index in [2.05, 4.69) is 18.5 Å². The van der Waals surface area contributed by atoms with E-state index >= 15 is 0 Å². The van der Waals surface area contributed by atoms with Gasteiger partial charge >= 0.3 is 5.97 Å². The number of carbonyl (C=O) groups is 3. The van der Waals surface area contributed by atoms with Crippen molar-refractivity contribution in [1.82, 2.24) is 20.3 Å². The summed E-state index contributed by atoms with van der Waals surface area (Å²) in [5.74, 6) is -1.35. The van der Waals surface area contributed by atoms with E-state index in [1.165, 1.54) is 0 Å². The van der Waals surface area contributed by atoms with Gasteiger partial charge in [0, 0.05) is 49.6 Å². The SMILES string of the molecule is C=CCCCCN(C(=O)C1C[C@H](Oc2cc(-c3ccccc3)nc3cc(OC)ccc23)C[C@H]1C(=O)N[C@]1(C(=O)OCC)CC1C=C)N(C)C. The number of esters is 1. The first-order valence-corrected chi connectivity index (χ1v) is 17.1. The largest absolute Gasteiger partial charge is 0.497 e. The summed E-state index contributed by atoms with van der Waals surface area (Å²) < 4.78 is 17.6. The van der Waals surface area contributed by atoms with Gasteiger partial charge in [0.25, 0.3) is 0 Å². The lowest BCUT2D eigenvalue weighted by Gasteiger charge is -2.33. The minimum Gasteiger partial charge on any atom is -0.497 e. The number of pyridine rings is 1. The maximum atomic E-state index is 14.3. The monoisotopic (exact) mass is 668 g/mol. The summed E-state index contributed by atoms with van der Waals surface area (Å²) in [6.07, 6.45) is 6.66. The molecular weight excluding hydrogens is 620 g/mol. The van der Waals surface area contributed by atoms with Crippen molar-refractivity contribution < 1.29 is 28.6 Å². The van der Waals surface area contributed by atoms with Crippen LogP contribution in [-0.4, -0.2) is 78.8 Å². The molecule has 0 spiro atoms. The lowest BCUT2D eigenvalue weighted by Crippen LogP contribution is -2.51. The van der Waals surface area contributed by atoms with Gasteiger partial charge < -0.3 is 19.5 Å². The van der Waals surface area contributed by atoms with Crippen LogP contribution in [0.25, 0.3) is 22.2 Å². The van der Waals surface area contributed by atoms with Crippen LogP contribution < -0.4 is 14.8 Å². The van der Waals surface area contributed by atoms with Crippen molar-refractivity contribution in [3.05, 3.63) is 79.9 Å². The quantitative estimate of drug-likeness (QED) is 0.0861. The summed E-state index contributed by atoms with van der Waals surface area (Å²) in [6, 6.07) is 17.4. The number of carbonyl (C=O) groups excluding carboxylic acids is 3. The van der Waals surface area contributed by atoms with Crippen LogP contribution >= 0.6 is 0 Å². The molecule has 1 aromatic heterocycles. The van der Waals surface area contributed by atoms with Crippen LogP contribution in [0.4, 0.5) is 0 Å². The van der Waals surface area contributed by atoms with Crippen molar-refractivity contribution >= 4 is 28.7 Å². The van der Waals surface area contributed by atoms with Gasteiger partial charge in [0.05, 0.1) is 36.8 Å². The third kappa shape index (κ3) is 7.80. The molecule has 0 radical (unpaired) electrons. The summed E-state index contributed by atoms with van der Waals surface area (Å²) in [6.45, 7) is 10.1. The molecule has 1 N–H and O–H groups in total. The highest BCUT2D eigenvalue weighted by atomic mass is 16.5. The van der Waals surface area contributed by atoms with E-state index in [0.29, 0.717) is 36.4 Å². The van der Waals surface area contributed by atoms with Gasteiger partial charge in [0.1, 0.15) is 23.1 Å². The van der Waals surface area contributed by atoms with Gasteiger partial charge in [0.15, 0.2) is 0 Å². The summed E-state index contributed by atoms with van der Waals surface area (Å²) in [7, 11) is 5.28. The van der Waals surface area contributed by atoms with Crippen molar-refractivity contribution in [2.24, 2.45) is 17.8 Å². The Kier molecular flexibility index (Phi) is 11.4. The van der Waals surface area contributed by atoms with E-state index in [9.17, 15) is 14.4 Å². The zero-order chi connectivity index (χ0) is 35.1. The average molecular weight is 669 g/mol. The Morgan fingerprint density at radius 1 is 1.04 bits per heavy atom. The van der Waals surface area contributed by atoms with Crippen LogP contribution in [0.5, 0.6) is 11.5 Å². The van der Waals surface area contributed by atoms with Crippen molar-refractivity contribution in [3.63, 3.8) is 0 Å². The molecule has 2 amide bonds. The maximum Gasteiger partial charge on any atom is 0.332 e. The lowest BCUT2D eigenvalue weighted by molar-refractivity contribution is -0.154. The highest BCUT2D eigenvalue weighted by Crippen LogP contribution is 2.47. The standard InChI is InChI=1S/C39H48N4O6/c1-7-10-11-15-20-43(42(4)5)37(45)32-22-29(21-31(32)36(44)41-39(25-27(39)8-2)38(46)48-9-3)49-35-24-33(26-16-13-12-14-17-26)40-34-23-28(47-6)18-19-30(34)35/h7-8,12-14,16-19,23-24,27,29,31-32H,1-2,9-11,15,20-22,25H2,3-6H3,(H,41,44)/t27?,29-,31-,32?,39-/m1/s1. The molecular formula is C39H48N4O6. The number of unbranched alkanes of at least 4 members (excludes halogenated alkanes) is 2. The normalized spacial score (nSPS) is 22.7. The second kappa shape index (κ2) is 15.7. The fourth-order valence-corrected chi connectivity index (χ4v) is 6.81. The molecule has 260 valence electrons. The zero-order valence-electron chi connectivity index (χ0n) is 29.0. The molecule has 5 atom stereocenters. The number of ether oxygens (including phenoxy) is 3. The number of rotatable bonds is 16. The molecule has 0 saturated heterocycles. The van der Waals surface area contributed by atoms with Crippen LogP contribution in [0.3, 0.4) is 0 Å². The summed E-state index contributed by atoms with van der Waals surface area (Å²) in [4.78, 5) is 46.4. The van der Waals surface area contributed by atoms with Gasteiger partial charge in [-0.3, -0.25) is 14.6 Å². The van der Waals surface area contributed by atoms with Crippen LogP contribution in [0.2, 0.25) is 0 Å². The Bertz CT molecular complexity index is 1680. The van der Waals surface area contributed by atoms with Crippen LogP contribution in [0.15, 0.2) is 79.9 Å². The van der Waals surface area contributed by atoms with Crippen LogP contribution in [0, 0.1) is 17.8 Å². The predicted octanol–water partition coefficient (Wildman–Crippen LogP) is 5.97. The number of amides is 2. The Hall–Kier alpha value is -4.70. The van der Waals surface area contributed by atoms with E-state index in [-0.39, 0.29) is 30.8 Å². The topological polar surface area (TPSA) is 110 Å². The predicted molar refractivity (Wildman–Crippen MR) is 190 cm³/mol. The molecule has 1 heterocycles. The number of benzene rings is 2. The lowest BCUT2D eigenvalue weighted by atomic mass is 9.93. The highest BCUT2D eigenvalue weighted by molar-refractivity contribution is 5.95. The summed E-state index contributed by atoms with van der Waals surface area (Å²) >= 11 is 0. The first-order valence-electron chi connectivity index (χ1n) is 17.1. The van der Waals surface area contributed by atoms with E-state index < -0.39 is 29.4 Å². The Labute approximate surface area is 289 Å². The van der Waals surface area contributed by atoms with Gasteiger partial charge in [-0.1, -0.05) is 42.5 Å². The van der Waals surface area contributed by atoms with Gasteiger partial charge in [-0.15, -0.1) is 13.2 Å². The molecule has 49 heavy (non-hydrogen) atoms. The molecule has 2 aromatic carbocycles. The Morgan fingerprint density at radius 2 is 1.80 bits per heavy atom. The molecule has 2 unspecified atom stereocenters. The molecule has 2 aliphatic carbocycles. The zero-order valence-corrected chi connectivity index (χ0v) is 29.0.